The van der Waals surface area contributed by atoms with E-state index in [9.17, 15) is 4.79 Å². The van der Waals surface area contributed by atoms with Crippen LogP contribution in [0.25, 0.3) is 0 Å². The minimum atomic E-state index is -0.0891. The van der Waals surface area contributed by atoms with Crippen LogP contribution in [0.3, 0.4) is 0 Å². The molecule has 1 fully saturated rings. The van der Waals surface area contributed by atoms with Crippen molar-refractivity contribution in [1.29, 1.82) is 0 Å². The lowest BCUT2D eigenvalue weighted by Crippen LogP contribution is -2.61. The molecule has 4 rings (SSSR count). The zero-order valence-electron chi connectivity index (χ0n) is 16.1. The maximum atomic E-state index is 13.0. The zero-order chi connectivity index (χ0) is 19.5. The summed E-state index contributed by atoms with van der Waals surface area (Å²) in [5.41, 5.74) is 3.63. The quantitative estimate of drug-likeness (QED) is 0.785. The molecule has 28 heavy (non-hydrogen) atoms. The summed E-state index contributed by atoms with van der Waals surface area (Å²) in [7, 11) is 1.65. The number of amides is 1. The van der Waals surface area contributed by atoms with Crippen LogP contribution in [0.15, 0.2) is 48.5 Å². The number of methoxy groups -OCH3 is 1. The van der Waals surface area contributed by atoms with E-state index in [-0.39, 0.29) is 17.9 Å². The maximum absolute atomic E-state index is 13.0. The summed E-state index contributed by atoms with van der Waals surface area (Å²) in [4.78, 5) is 17.8. The third-order valence-corrected chi connectivity index (χ3v) is 5.97. The molecule has 0 bridgehead atoms. The summed E-state index contributed by atoms with van der Waals surface area (Å²) in [5, 5.41) is 3.79. The summed E-state index contributed by atoms with van der Waals surface area (Å²) in [6.07, 6.45) is 0.763. The molecular formula is C22H26ClN3O2. The molecule has 0 aromatic heterocycles. The van der Waals surface area contributed by atoms with Gasteiger partial charge in [0, 0.05) is 49.7 Å². The standard InChI is InChI=1S/C22H26ClN3O2/c1-28-12-9-24-22(27)19-13-16-5-2-3-8-20(16)26-11-10-25(15-21(19)26)18-7-4-6-17(23)14-18/h2-8,14,19,21H,9-13,15H2,1H3,(H,24,27)/t19-,21+/m1/s1. The highest BCUT2D eigenvalue weighted by atomic mass is 35.5. The summed E-state index contributed by atoms with van der Waals surface area (Å²) in [6.45, 7) is 3.66. The molecule has 148 valence electrons. The Morgan fingerprint density at radius 1 is 1.21 bits per heavy atom. The smallest absolute Gasteiger partial charge is 0.225 e. The molecule has 0 aliphatic carbocycles. The van der Waals surface area contributed by atoms with Gasteiger partial charge in [0.25, 0.3) is 0 Å². The van der Waals surface area contributed by atoms with Crippen LogP contribution in [-0.2, 0) is 16.0 Å². The molecule has 2 aliphatic heterocycles. The van der Waals surface area contributed by atoms with Crippen LogP contribution in [-0.4, -0.2) is 51.8 Å². The molecule has 0 radical (unpaired) electrons. The molecule has 1 amide bonds. The molecule has 2 aliphatic rings. The Labute approximate surface area is 171 Å². The number of anilines is 2. The van der Waals surface area contributed by atoms with E-state index < -0.39 is 0 Å². The van der Waals surface area contributed by atoms with Gasteiger partial charge in [0.05, 0.1) is 18.6 Å². The monoisotopic (exact) mass is 399 g/mol. The number of fused-ring (bicyclic) bond motifs is 3. The number of nitrogens with one attached hydrogen (secondary N) is 1. The fourth-order valence-electron chi connectivity index (χ4n) is 4.37. The van der Waals surface area contributed by atoms with Crippen LogP contribution in [0, 0.1) is 5.92 Å². The number of piperazine rings is 1. The summed E-state index contributed by atoms with van der Waals surface area (Å²) in [5.74, 6) is 0.0169. The van der Waals surface area contributed by atoms with Gasteiger partial charge in [-0.15, -0.1) is 0 Å². The normalized spacial score (nSPS) is 21.1. The molecule has 1 saturated heterocycles. The number of rotatable bonds is 5. The van der Waals surface area contributed by atoms with Gasteiger partial charge in [-0.1, -0.05) is 35.9 Å². The number of ether oxygens (including phenoxy) is 1. The molecule has 5 nitrogen and oxygen atoms in total. The van der Waals surface area contributed by atoms with Crippen LogP contribution in [0.1, 0.15) is 5.56 Å². The third-order valence-electron chi connectivity index (χ3n) is 5.74. The van der Waals surface area contributed by atoms with Gasteiger partial charge in [0.15, 0.2) is 0 Å². The van der Waals surface area contributed by atoms with Crippen molar-refractivity contribution in [3.63, 3.8) is 0 Å². The van der Waals surface area contributed by atoms with Crippen molar-refractivity contribution in [2.45, 2.75) is 12.5 Å². The number of carbonyl (C=O) groups excluding carboxylic acids is 1. The van der Waals surface area contributed by atoms with Crippen LogP contribution >= 0.6 is 11.6 Å². The molecule has 2 aromatic rings. The Kier molecular flexibility index (Phi) is 5.74. The predicted molar refractivity (Wildman–Crippen MR) is 113 cm³/mol. The lowest BCUT2D eigenvalue weighted by molar-refractivity contribution is -0.126. The fourth-order valence-corrected chi connectivity index (χ4v) is 4.56. The number of benzene rings is 2. The van der Waals surface area contributed by atoms with Crippen LogP contribution in [0.2, 0.25) is 5.02 Å². The van der Waals surface area contributed by atoms with Crippen LogP contribution < -0.4 is 15.1 Å². The number of nitrogens with zero attached hydrogens (tertiary/aromatic N) is 2. The molecule has 2 aromatic carbocycles. The Balaban J connectivity index is 1.60. The third kappa shape index (κ3) is 3.82. The van der Waals surface area contributed by atoms with E-state index >= 15 is 0 Å². The van der Waals surface area contributed by atoms with Crippen LogP contribution in [0.4, 0.5) is 11.4 Å². The molecule has 6 heteroatoms. The highest BCUT2D eigenvalue weighted by Crippen LogP contribution is 2.37. The molecule has 0 unspecified atom stereocenters. The van der Waals surface area contributed by atoms with Gasteiger partial charge in [0.1, 0.15) is 0 Å². The molecule has 1 N–H and O–H groups in total. The summed E-state index contributed by atoms with van der Waals surface area (Å²) in [6, 6.07) is 16.6. The highest BCUT2D eigenvalue weighted by molar-refractivity contribution is 6.30. The van der Waals surface area contributed by atoms with Gasteiger partial charge in [-0.3, -0.25) is 4.79 Å². The second-order valence-corrected chi connectivity index (χ2v) is 7.85. The van der Waals surface area contributed by atoms with Crippen molar-refractivity contribution < 1.29 is 9.53 Å². The van der Waals surface area contributed by atoms with Crippen molar-refractivity contribution >= 4 is 28.9 Å². The Bertz CT molecular complexity index is 844. The average molecular weight is 400 g/mol. The van der Waals surface area contributed by atoms with Gasteiger partial charge >= 0.3 is 0 Å². The minimum absolute atomic E-state index is 0.0891. The van der Waals surface area contributed by atoms with Gasteiger partial charge < -0.3 is 19.9 Å². The largest absolute Gasteiger partial charge is 0.383 e. The molecule has 2 heterocycles. The van der Waals surface area contributed by atoms with Crippen molar-refractivity contribution in [3.05, 3.63) is 59.1 Å². The van der Waals surface area contributed by atoms with Gasteiger partial charge in [0.2, 0.25) is 5.91 Å². The van der Waals surface area contributed by atoms with Crippen LogP contribution in [0.5, 0.6) is 0 Å². The Hall–Kier alpha value is -2.24. The lowest BCUT2D eigenvalue weighted by atomic mass is 9.83. The van der Waals surface area contributed by atoms with Gasteiger partial charge in [-0.05, 0) is 36.2 Å². The topological polar surface area (TPSA) is 44.8 Å². The van der Waals surface area contributed by atoms with Gasteiger partial charge in [-0.2, -0.15) is 0 Å². The van der Waals surface area contributed by atoms with E-state index in [1.54, 1.807) is 7.11 Å². The maximum Gasteiger partial charge on any atom is 0.225 e. The summed E-state index contributed by atoms with van der Waals surface area (Å²) < 4.78 is 5.08. The van der Waals surface area contributed by atoms with Crippen molar-refractivity contribution in [3.8, 4) is 0 Å². The molecule has 0 saturated carbocycles. The minimum Gasteiger partial charge on any atom is -0.383 e. The Morgan fingerprint density at radius 3 is 2.89 bits per heavy atom. The fraction of sp³-hybridized carbons (Fsp3) is 0.409. The number of hydrogen-bond donors (Lipinski definition) is 1. The van der Waals surface area contributed by atoms with E-state index in [2.05, 4.69) is 45.4 Å². The Morgan fingerprint density at radius 2 is 2.07 bits per heavy atom. The number of hydrogen-bond acceptors (Lipinski definition) is 4. The first kappa shape index (κ1) is 19.1. The first-order valence-corrected chi connectivity index (χ1v) is 10.2. The number of para-hydroxylation sites is 1. The van der Waals surface area contributed by atoms with E-state index in [0.717, 1.165) is 36.8 Å². The number of halogens is 1. The van der Waals surface area contributed by atoms with E-state index in [1.165, 1.54) is 11.3 Å². The molecule has 2 atom stereocenters. The van der Waals surface area contributed by atoms with Crippen molar-refractivity contribution in [2.75, 3.05) is 49.7 Å². The SMILES string of the molecule is COCCNC(=O)[C@@H]1Cc2ccccc2N2CCN(c3cccc(Cl)c3)C[C@@H]12. The van der Waals surface area contributed by atoms with Crippen molar-refractivity contribution in [2.24, 2.45) is 5.92 Å². The highest BCUT2D eigenvalue weighted by Gasteiger charge is 2.41. The lowest BCUT2D eigenvalue weighted by Gasteiger charge is -2.49. The molecular weight excluding hydrogens is 374 g/mol. The zero-order valence-corrected chi connectivity index (χ0v) is 16.9. The number of carbonyl (C=O) groups is 1. The predicted octanol–water partition coefficient (Wildman–Crippen LogP) is 2.97. The second kappa shape index (κ2) is 8.41. The average Bonchev–Trinajstić information content (AvgIpc) is 2.73. The first-order chi connectivity index (χ1) is 13.7. The van der Waals surface area contributed by atoms with Crippen molar-refractivity contribution in [1.82, 2.24) is 5.32 Å². The second-order valence-electron chi connectivity index (χ2n) is 7.41. The van der Waals surface area contributed by atoms with E-state index in [0.29, 0.717) is 13.2 Å². The van der Waals surface area contributed by atoms with Gasteiger partial charge in [-0.25, -0.2) is 0 Å². The van der Waals surface area contributed by atoms with E-state index in [4.69, 9.17) is 16.3 Å². The first-order valence-electron chi connectivity index (χ1n) is 9.79. The summed E-state index contributed by atoms with van der Waals surface area (Å²) >= 11 is 6.21. The molecule has 0 spiro atoms. The van der Waals surface area contributed by atoms with E-state index in [1.807, 2.05) is 18.2 Å².